The van der Waals surface area contributed by atoms with Crippen LogP contribution in [-0.4, -0.2) is 37.9 Å². The van der Waals surface area contributed by atoms with E-state index in [1.54, 1.807) is 13.2 Å². The molecule has 0 radical (unpaired) electrons. The normalized spacial score (nSPS) is 12.1. The van der Waals surface area contributed by atoms with E-state index in [1.807, 2.05) is 66.9 Å². The second-order valence-electron chi connectivity index (χ2n) is 7.20. The van der Waals surface area contributed by atoms with Gasteiger partial charge >= 0.3 is 0 Å². The number of hydrogen-bond acceptors (Lipinski definition) is 5. The number of aromatic amines is 1. The molecule has 0 unspecified atom stereocenters. The minimum Gasteiger partial charge on any atom is -0.496 e. The molecule has 0 aliphatic carbocycles. The summed E-state index contributed by atoms with van der Waals surface area (Å²) >= 11 is 1.40. The Morgan fingerprint density at radius 3 is 2.74 bits per heavy atom. The van der Waals surface area contributed by atoms with Crippen LogP contribution in [0.25, 0.3) is 22.3 Å². The molecule has 4 rings (SSSR count). The third-order valence-corrected chi connectivity index (χ3v) is 6.25. The number of aryl methyl sites for hydroxylation is 1. The Kier molecular flexibility index (Phi) is 5.95. The maximum absolute atomic E-state index is 13.4. The van der Waals surface area contributed by atoms with E-state index in [1.165, 1.54) is 11.8 Å². The van der Waals surface area contributed by atoms with Crippen LogP contribution < -0.4 is 4.74 Å². The molecule has 0 saturated carbocycles. The summed E-state index contributed by atoms with van der Waals surface area (Å²) in [6.07, 6.45) is 1.79. The molecule has 31 heavy (non-hydrogen) atoms. The van der Waals surface area contributed by atoms with Crippen LogP contribution in [0.1, 0.15) is 23.0 Å². The molecule has 6 nitrogen and oxygen atoms in total. The molecule has 2 aromatic heterocycles. The van der Waals surface area contributed by atoms with Crippen LogP contribution in [0.5, 0.6) is 5.75 Å². The molecular formula is C24H24N4O2S. The van der Waals surface area contributed by atoms with Crippen LogP contribution in [-0.2, 0) is 6.54 Å². The lowest BCUT2D eigenvalue weighted by Crippen LogP contribution is -2.15. The predicted molar refractivity (Wildman–Crippen MR) is 125 cm³/mol. The van der Waals surface area contributed by atoms with Gasteiger partial charge in [0.2, 0.25) is 0 Å². The van der Waals surface area contributed by atoms with Crippen molar-refractivity contribution in [3.8, 4) is 17.1 Å². The number of methoxy groups -OCH3 is 1. The Hall–Kier alpha value is -3.32. The highest BCUT2D eigenvalue weighted by atomic mass is 32.2. The molecule has 0 bridgehead atoms. The fourth-order valence-electron chi connectivity index (χ4n) is 3.71. The number of nitrogens with zero attached hydrogens (tertiary/aromatic N) is 3. The van der Waals surface area contributed by atoms with Crippen LogP contribution in [0.15, 0.2) is 66.3 Å². The van der Waals surface area contributed by atoms with Crippen LogP contribution in [0.2, 0.25) is 0 Å². The van der Waals surface area contributed by atoms with Crippen molar-refractivity contribution in [3.63, 3.8) is 0 Å². The Balaban J connectivity index is 1.67. The monoisotopic (exact) mass is 432 g/mol. The number of fused-ring (bicyclic) bond motifs is 1. The van der Waals surface area contributed by atoms with Crippen molar-refractivity contribution in [3.05, 3.63) is 72.4 Å². The van der Waals surface area contributed by atoms with Gasteiger partial charge in [-0.2, -0.15) is 0 Å². The van der Waals surface area contributed by atoms with Crippen molar-refractivity contribution in [1.82, 2.24) is 19.7 Å². The van der Waals surface area contributed by atoms with Gasteiger partial charge in [0.05, 0.1) is 17.9 Å². The number of allylic oxidation sites excluding steroid dienone is 1. The summed E-state index contributed by atoms with van der Waals surface area (Å²) in [6.45, 7) is 8.23. The van der Waals surface area contributed by atoms with Gasteiger partial charge in [0.15, 0.2) is 16.8 Å². The lowest BCUT2D eigenvalue weighted by Gasteiger charge is -2.13. The minimum atomic E-state index is -0.337. The summed E-state index contributed by atoms with van der Waals surface area (Å²) in [4.78, 5) is 16.7. The fourth-order valence-corrected chi connectivity index (χ4v) is 4.62. The first-order valence-corrected chi connectivity index (χ1v) is 10.9. The number of rotatable bonds is 8. The average molecular weight is 433 g/mol. The highest BCUT2D eigenvalue weighted by molar-refractivity contribution is 8.00. The van der Waals surface area contributed by atoms with E-state index in [-0.39, 0.29) is 11.0 Å². The molecule has 4 aromatic rings. The van der Waals surface area contributed by atoms with E-state index in [2.05, 4.69) is 21.8 Å². The number of hydrogen-bond donors (Lipinski definition) is 1. The van der Waals surface area contributed by atoms with Gasteiger partial charge in [-0.1, -0.05) is 48.2 Å². The molecule has 0 spiro atoms. The summed E-state index contributed by atoms with van der Waals surface area (Å²) in [6, 6.07) is 15.6. The molecular weight excluding hydrogens is 408 g/mol. The molecule has 0 fully saturated rings. The van der Waals surface area contributed by atoms with E-state index < -0.39 is 0 Å². The first kappa shape index (κ1) is 20.9. The molecule has 0 aliphatic heterocycles. The zero-order valence-electron chi connectivity index (χ0n) is 17.8. The number of aromatic nitrogens is 4. The van der Waals surface area contributed by atoms with Crippen molar-refractivity contribution in [2.45, 2.75) is 30.8 Å². The number of nitrogens with one attached hydrogen (secondary N) is 1. The molecule has 1 N–H and O–H groups in total. The minimum absolute atomic E-state index is 0.0620. The first-order chi connectivity index (χ1) is 15.0. The smallest absolute Gasteiger partial charge is 0.192 e. The molecule has 0 saturated heterocycles. The van der Waals surface area contributed by atoms with E-state index in [0.29, 0.717) is 17.5 Å². The zero-order chi connectivity index (χ0) is 22.0. The van der Waals surface area contributed by atoms with Crippen molar-refractivity contribution >= 4 is 28.4 Å². The number of para-hydroxylation sites is 2. The zero-order valence-corrected chi connectivity index (χ0v) is 18.6. The predicted octanol–water partition coefficient (Wildman–Crippen LogP) is 5.29. The average Bonchev–Trinajstić information content (AvgIpc) is 3.33. The third-order valence-electron chi connectivity index (χ3n) is 5.17. The van der Waals surface area contributed by atoms with Crippen LogP contribution in [0, 0.1) is 6.92 Å². The second-order valence-corrected chi connectivity index (χ2v) is 8.51. The van der Waals surface area contributed by atoms with Gasteiger partial charge in [-0.25, -0.2) is 0 Å². The maximum Gasteiger partial charge on any atom is 0.192 e. The van der Waals surface area contributed by atoms with Gasteiger partial charge in [0.1, 0.15) is 5.75 Å². The van der Waals surface area contributed by atoms with Crippen molar-refractivity contribution in [1.29, 1.82) is 0 Å². The SMILES string of the molecule is C=CCn1c(S[C@H](C)C(=O)c2c(C)[nH]c3ccccc23)nnc1-c1ccccc1OC. The summed E-state index contributed by atoms with van der Waals surface area (Å²) < 4.78 is 7.45. The van der Waals surface area contributed by atoms with E-state index in [4.69, 9.17) is 4.74 Å². The van der Waals surface area contributed by atoms with Gasteiger partial charge in [-0.3, -0.25) is 9.36 Å². The van der Waals surface area contributed by atoms with Gasteiger partial charge < -0.3 is 9.72 Å². The van der Waals surface area contributed by atoms with Crippen LogP contribution >= 0.6 is 11.8 Å². The summed E-state index contributed by atoms with van der Waals surface area (Å²) in [5.74, 6) is 1.46. The largest absolute Gasteiger partial charge is 0.496 e. The van der Waals surface area contributed by atoms with E-state index >= 15 is 0 Å². The Bertz CT molecular complexity index is 1260. The van der Waals surface area contributed by atoms with Crippen molar-refractivity contribution < 1.29 is 9.53 Å². The van der Waals surface area contributed by atoms with Crippen molar-refractivity contribution in [2.24, 2.45) is 0 Å². The fraction of sp³-hybridized carbons (Fsp3) is 0.208. The number of ether oxygens (including phenoxy) is 1. The van der Waals surface area contributed by atoms with Crippen molar-refractivity contribution in [2.75, 3.05) is 7.11 Å². The second kappa shape index (κ2) is 8.81. The standard InChI is InChI=1S/C24H24N4O2S/c1-5-14-28-23(18-11-7-9-13-20(18)30-4)26-27-24(28)31-16(3)22(29)21-15(2)25-19-12-8-6-10-17(19)21/h5-13,16,25H,1,14H2,2-4H3/t16-/m1/s1. The highest BCUT2D eigenvalue weighted by Crippen LogP contribution is 2.33. The molecule has 2 aromatic carbocycles. The summed E-state index contributed by atoms with van der Waals surface area (Å²) in [5.41, 5.74) is 3.42. The molecule has 1 atom stereocenters. The third kappa shape index (κ3) is 3.88. The molecule has 7 heteroatoms. The number of benzene rings is 2. The van der Waals surface area contributed by atoms with Crippen LogP contribution in [0.4, 0.5) is 0 Å². The number of carbonyl (C=O) groups excluding carboxylic acids is 1. The quantitative estimate of drug-likeness (QED) is 0.233. The van der Waals surface area contributed by atoms with Gasteiger partial charge in [-0.15, -0.1) is 16.8 Å². The maximum atomic E-state index is 13.4. The first-order valence-electron chi connectivity index (χ1n) is 10.0. The summed E-state index contributed by atoms with van der Waals surface area (Å²) in [7, 11) is 1.63. The highest BCUT2D eigenvalue weighted by Gasteiger charge is 2.25. The van der Waals surface area contributed by atoms with E-state index in [0.717, 1.165) is 33.5 Å². The molecule has 0 aliphatic rings. The number of Topliss-reactive ketones (excluding diaryl/α,β-unsaturated/α-hetero) is 1. The van der Waals surface area contributed by atoms with Gasteiger partial charge in [0.25, 0.3) is 0 Å². The van der Waals surface area contributed by atoms with Crippen LogP contribution in [0.3, 0.4) is 0 Å². The number of carbonyl (C=O) groups is 1. The lowest BCUT2D eigenvalue weighted by molar-refractivity contribution is 0.0995. The van der Waals surface area contributed by atoms with Gasteiger partial charge in [-0.05, 0) is 32.0 Å². The Morgan fingerprint density at radius 2 is 1.97 bits per heavy atom. The molecule has 0 amide bonds. The molecule has 158 valence electrons. The van der Waals surface area contributed by atoms with E-state index in [9.17, 15) is 4.79 Å². The molecule has 2 heterocycles. The topological polar surface area (TPSA) is 72.8 Å². The summed E-state index contributed by atoms with van der Waals surface area (Å²) in [5, 5.41) is 10.1. The lowest BCUT2D eigenvalue weighted by atomic mass is 10.1. The number of H-pyrrole nitrogens is 1. The Labute approximate surface area is 185 Å². The Morgan fingerprint density at radius 1 is 1.23 bits per heavy atom. The van der Waals surface area contributed by atoms with Gasteiger partial charge in [0, 0.05) is 28.7 Å². The number of thioether (sulfide) groups is 1. The number of ketones is 1.